The van der Waals surface area contributed by atoms with Gasteiger partial charge in [0.05, 0.1) is 23.4 Å². The van der Waals surface area contributed by atoms with Gasteiger partial charge in [-0.3, -0.25) is 34.2 Å². The maximum Gasteiger partial charge on any atom is 0.320 e. The molecule has 9 rings (SSSR count). The molecule has 5 aliphatic heterocycles. The molecule has 5 N–H and O–H groups in total. The van der Waals surface area contributed by atoms with E-state index in [0.717, 1.165) is 81.8 Å². The van der Waals surface area contributed by atoms with Crippen LogP contribution in [0.25, 0.3) is 0 Å². The summed E-state index contributed by atoms with van der Waals surface area (Å²) in [6.07, 6.45) is 7.66. The Hall–Kier alpha value is -6.10. The molecule has 0 spiro atoms. The highest BCUT2D eigenvalue weighted by molar-refractivity contribution is 6.25. The second-order valence-electron chi connectivity index (χ2n) is 17.1. The SMILES string of the molecule is CN1CCN([C@@H]2CCCN(c3cnc(C(N)=O)c(Nc4ccc(C5CCN(CC6CC(Nc7cccc8c7C(=O)N([C@@H]7CCC(=O)NC7=O)C8=O)C6)CC5)cc4)n3)C2)C1=O. The first kappa shape index (κ1) is 39.4. The molecule has 2 atom stereocenters. The Bertz CT molecular complexity index is 2220. The lowest BCUT2D eigenvalue weighted by molar-refractivity contribution is -0.136. The van der Waals surface area contributed by atoms with E-state index in [1.807, 2.05) is 30.1 Å². The Morgan fingerprint density at radius 3 is 2.42 bits per heavy atom. The molecular weight excluding hydrogens is 767 g/mol. The van der Waals surface area contributed by atoms with Crippen molar-refractivity contribution in [3.05, 3.63) is 71.0 Å². The molecule has 0 bridgehead atoms. The monoisotopic (exact) mass is 817 g/mol. The number of hydrogen-bond donors (Lipinski definition) is 4. The van der Waals surface area contributed by atoms with Crippen LogP contribution >= 0.6 is 0 Å². The third-order valence-electron chi connectivity index (χ3n) is 13.2. The van der Waals surface area contributed by atoms with E-state index in [0.29, 0.717) is 47.8 Å². The van der Waals surface area contributed by atoms with Gasteiger partial charge in [0.1, 0.15) is 11.9 Å². The number of anilines is 4. The summed E-state index contributed by atoms with van der Waals surface area (Å²) in [5, 5.41) is 9.05. The summed E-state index contributed by atoms with van der Waals surface area (Å²) in [6.45, 7) is 5.89. The number of likely N-dealkylation sites (N-methyl/N-ethyl adjacent to an activating group) is 1. The highest BCUT2D eigenvalue weighted by Gasteiger charge is 2.46. The molecule has 314 valence electrons. The fraction of sp³-hybridized carbons (Fsp3) is 0.488. The van der Waals surface area contributed by atoms with Crippen LogP contribution in [-0.4, -0.2) is 136 Å². The Kier molecular flexibility index (Phi) is 10.6. The molecular formula is C43H51N11O6. The number of urea groups is 1. The number of fused-ring (bicyclic) bond motifs is 1. The first-order valence-electron chi connectivity index (χ1n) is 21.1. The van der Waals surface area contributed by atoms with E-state index in [1.54, 1.807) is 23.2 Å². The number of aromatic nitrogens is 2. The quantitative estimate of drug-likeness (QED) is 0.206. The van der Waals surface area contributed by atoms with Crippen molar-refractivity contribution in [1.82, 2.24) is 34.9 Å². The molecule has 4 saturated heterocycles. The van der Waals surface area contributed by atoms with Crippen molar-refractivity contribution in [3.8, 4) is 0 Å². The first-order chi connectivity index (χ1) is 29.0. The van der Waals surface area contributed by atoms with Crippen molar-refractivity contribution in [2.45, 2.75) is 75.4 Å². The molecule has 17 heteroatoms. The smallest absolute Gasteiger partial charge is 0.320 e. The fourth-order valence-corrected chi connectivity index (χ4v) is 9.87. The Morgan fingerprint density at radius 2 is 1.70 bits per heavy atom. The zero-order valence-corrected chi connectivity index (χ0v) is 33.8. The van der Waals surface area contributed by atoms with E-state index in [4.69, 9.17) is 10.7 Å². The van der Waals surface area contributed by atoms with E-state index in [-0.39, 0.29) is 42.2 Å². The molecule has 3 aromatic rings. The van der Waals surface area contributed by atoms with E-state index in [2.05, 4.69) is 42.9 Å². The maximum atomic E-state index is 13.5. The van der Waals surface area contributed by atoms with Gasteiger partial charge in [-0.25, -0.2) is 14.8 Å². The predicted molar refractivity (Wildman–Crippen MR) is 222 cm³/mol. The number of nitrogens with two attached hydrogens (primary N) is 1. The van der Waals surface area contributed by atoms with Crippen LogP contribution in [0.15, 0.2) is 48.7 Å². The van der Waals surface area contributed by atoms with Gasteiger partial charge >= 0.3 is 6.03 Å². The van der Waals surface area contributed by atoms with E-state index >= 15 is 0 Å². The molecule has 17 nitrogen and oxygen atoms in total. The second-order valence-corrected chi connectivity index (χ2v) is 17.1. The predicted octanol–water partition coefficient (Wildman–Crippen LogP) is 3.13. The van der Waals surface area contributed by atoms with Crippen LogP contribution in [0.3, 0.4) is 0 Å². The van der Waals surface area contributed by atoms with E-state index < -0.39 is 35.6 Å². The number of nitrogens with one attached hydrogen (secondary N) is 3. The maximum absolute atomic E-state index is 13.5. The van der Waals surface area contributed by atoms with Crippen molar-refractivity contribution in [3.63, 3.8) is 0 Å². The molecule has 60 heavy (non-hydrogen) atoms. The average Bonchev–Trinajstić information content (AvgIpc) is 3.70. The number of carbonyl (C=O) groups excluding carboxylic acids is 6. The van der Waals surface area contributed by atoms with Gasteiger partial charge in [-0.2, -0.15) is 0 Å². The lowest BCUT2D eigenvalue weighted by Gasteiger charge is -2.41. The van der Waals surface area contributed by atoms with Crippen LogP contribution in [0, 0.1) is 5.92 Å². The summed E-state index contributed by atoms with van der Waals surface area (Å²) in [5.74, 6) is -0.768. The van der Waals surface area contributed by atoms with Gasteiger partial charge in [0.15, 0.2) is 11.5 Å². The topological polar surface area (TPSA) is 207 Å². The third-order valence-corrected chi connectivity index (χ3v) is 13.2. The van der Waals surface area contributed by atoms with Crippen molar-refractivity contribution in [1.29, 1.82) is 0 Å². The first-order valence-corrected chi connectivity index (χ1v) is 21.1. The molecule has 5 fully saturated rings. The Morgan fingerprint density at radius 1 is 0.917 bits per heavy atom. The highest BCUT2D eigenvalue weighted by Crippen LogP contribution is 2.38. The van der Waals surface area contributed by atoms with E-state index in [9.17, 15) is 28.8 Å². The van der Waals surface area contributed by atoms with Crippen molar-refractivity contribution in [2.75, 3.05) is 68.4 Å². The summed E-state index contributed by atoms with van der Waals surface area (Å²) in [4.78, 5) is 94.5. The lowest BCUT2D eigenvalue weighted by atomic mass is 9.79. The van der Waals surface area contributed by atoms with Gasteiger partial charge in [0.2, 0.25) is 11.8 Å². The Labute approximate surface area is 348 Å². The van der Waals surface area contributed by atoms with Crippen LogP contribution in [0.4, 0.5) is 27.8 Å². The van der Waals surface area contributed by atoms with Gasteiger partial charge in [0.25, 0.3) is 17.7 Å². The highest BCUT2D eigenvalue weighted by atomic mass is 16.2. The number of imide groups is 2. The summed E-state index contributed by atoms with van der Waals surface area (Å²) in [6, 6.07) is 12.8. The number of rotatable bonds is 11. The van der Waals surface area contributed by atoms with Crippen LogP contribution in [0.1, 0.15) is 94.1 Å². The number of benzene rings is 2. The van der Waals surface area contributed by atoms with Crippen LogP contribution < -0.4 is 26.6 Å². The molecule has 0 unspecified atom stereocenters. The zero-order valence-electron chi connectivity index (χ0n) is 33.8. The van der Waals surface area contributed by atoms with Crippen molar-refractivity contribution in [2.24, 2.45) is 11.7 Å². The number of piperidine rings is 3. The minimum Gasteiger partial charge on any atom is -0.382 e. The lowest BCUT2D eigenvalue weighted by Crippen LogP contribution is -2.54. The molecule has 6 heterocycles. The Balaban J connectivity index is 0.754. The molecule has 6 aliphatic rings. The normalized spacial score (nSPS) is 25.1. The second kappa shape index (κ2) is 16.2. The van der Waals surface area contributed by atoms with Gasteiger partial charge in [-0.15, -0.1) is 0 Å². The van der Waals surface area contributed by atoms with Crippen LogP contribution in [-0.2, 0) is 9.59 Å². The summed E-state index contributed by atoms with van der Waals surface area (Å²) in [5.41, 5.74) is 9.02. The van der Waals surface area contributed by atoms with E-state index in [1.165, 1.54) is 5.56 Å². The van der Waals surface area contributed by atoms with Gasteiger partial charge in [0, 0.05) is 63.6 Å². The summed E-state index contributed by atoms with van der Waals surface area (Å²) < 4.78 is 0. The van der Waals surface area contributed by atoms with Crippen LogP contribution in [0.5, 0.6) is 0 Å². The molecule has 1 saturated carbocycles. The van der Waals surface area contributed by atoms with Crippen molar-refractivity contribution >= 4 is 58.6 Å². The number of amides is 7. The average molecular weight is 818 g/mol. The largest absolute Gasteiger partial charge is 0.382 e. The number of carbonyl (C=O) groups is 6. The fourth-order valence-electron chi connectivity index (χ4n) is 9.87. The van der Waals surface area contributed by atoms with Gasteiger partial charge in [-0.1, -0.05) is 18.2 Å². The number of nitrogens with zero attached hydrogens (tertiary/aromatic N) is 7. The third kappa shape index (κ3) is 7.61. The molecule has 2 aromatic carbocycles. The number of likely N-dealkylation sites (tertiary alicyclic amines) is 1. The van der Waals surface area contributed by atoms with Gasteiger partial charge in [-0.05, 0) is 99.7 Å². The minimum atomic E-state index is -0.990. The standard InChI is InChI=1S/C43H51N11O6/c1-50-18-19-53(43(50)60)30-4-3-15-52(24-30)34-22-45-37(38(44)56)39(48-34)47-28-9-7-26(8-10-28)27-13-16-51(17-14-27)23-25-20-29(21-25)46-32-6-2-5-31-36(32)42(59)54(41(31)58)33-11-12-35(55)49-40(33)57/h2,5-10,22,25,27,29-30,33,46H,3-4,11-21,23-24H2,1H3,(H2,44,56)(H,47,48)(H,49,55,57)/t25?,29?,30-,33-/m1/s1. The van der Waals surface area contributed by atoms with Crippen molar-refractivity contribution < 1.29 is 28.8 Å². The molecule has 7 amide bonds. The molecule has 0 radical (unpaired) electrons. The summed E-state index contributed by atoms with van der Waals surface area (Å²) >= 11 is 0. The number of hydrogen-bond acceptors (Lipinski definition) is 12. The number of primary amides is 1. The zero-order chi connectivity index (χ0) is 41.7. The molecule has 1 aromatic heterocycles. The minimum absolute atomic E-state index is 0.0592. The van der Waals surface area contributed by atoms with Gasteiger partial charge < -0.3 is 36.0 Å². The summed E-state index contributed by atoms with van der Waals surface area (Å²) in [7, 11) is 1.83. The van der Waals surface area contributed by atoms with Crippen LogP contribution in [0.2, 0.25) is 0 Å². The molecule has 1 aliphatic carbocycles.